The first-order chi connectivity index (χ1) is 14.1. The molecular formula is C22H34ClFN2O4S. The molecule has 0 radical (unpaired) electrons. The Labute approximate surface area is 192 Å². The van der Waals surface area contributed by atoms with Crippen molar-refractivity contribution in [3.63, 3.8) is 0 Å². The summed E-state index contributed by atoms with van der Waals surface area (Å²) in [4.78, 5) is 14.0. The van der Waals surface area contributed by atoms with Crippen LogP contribution < -0.4 is 4.72 Å². The molecule has 1 saturated heterocycles. The fourth-order valence-electron chi connectivity index (χ4n) is 3.47. The highest BCUT2D eigenvalue weighted by Crippen LogP contribution is 2.41. The Kier molecular flexibility index (Phi) is 8.17. The van der Waals surface area contributed by atoms with Crippen molar-refractivity contribution in [2.75, 3.05) is 13.1 Å². The Balaban J connectivity index is 2.30. The SMILES string of the molecule is Cc1cc(O)c(C(N[S@@+]([O-])C(C)(C)C)C2CCN(C(=O)OC(C)(C)C)CC2)c(F)c1Cl. The van der Waals surface area contributed by atoms with Gasteiger partial charge in [0.25, 0.3) is 0 Å². The van der Waals surface area contributed by atoms with Crippen molar-refractivity contribution in [3.8, 4) is 5.75 Å². The van der Waals surface area contributed by atoms with E-state index in [4.69, 9.17) is 16.3 Å². The highest BCUT2D eigenvalue weighted by atomic mass is 35.5. The molecular weight excluding hydrogens is 443 g/mol. The minimum absolute atomic E-state index is 0.0175. The number of halogens is 2. The Morgan fingerprint density at radius 2 is 1.87 bits per heavy atom. The molecule has 0 aliphatic carbocycles. The summed E-state index contributed by atoms with van der Waals surface area (Å²) in [6, 6.07) is 0.699. The zero-order valence-electron chi connectivity index (χ0n) is 19.3. The number of hydrogen-bond acceptors (Lipinski definition) is 5. The van der Waals surface area contributed by atoms with Crippen LogP contribution in [0.1, 0.15) is 71.6 Å². The number of benzene rings is 1. The number of ether oxygens (including phenoxy) is 1. The van der Waals surface area contributed by atoms with Gasteiger partial charge in [0.2, 0.25) is 0 Å². The zero-order valence-corrected chi connectivity index (χ0v) is 20.9. The van der Waals surface area contributed by atoms with E-state index in [1.165, 1.54) is 6.07 Å². The lowest BCUT2D eigenvalue weighted by Crippen LogP contribution is -2.47. The summed E-state index contributed by atoms with van der Waals surface area (Å²) in [7, 11) is 0. The van der Waals surface area contributed by atoms with E-state index >= 15 is 4.39 Å². The second-order valence-electron chi connectivity index (χ2n) is 10.0. The van der Waals surface area contributed by atoms with Gasteiger partial charge in [0, 0.05) is 24.5 Å². The summed E-state index contributed by atoms with van der Waals surface area (Å²) in [6.07, 6.45) is 0.673. The van der Waals surface area contributed by atoms with Gasteiger partial charge in [0.05, 0.1) is 16.6 Å². The number of phenolic OH excluding ortho intramolecular Hbond substituents is 1. The lowest BCUT2D eigenvalue weighted by atomic mass is 9.85. The molecule has 0 saturated carbocycles. The van der Waals surface area contributed by atoms with Crippen LogP contribution in [0.4, 0.5) is 9.18 Å². The maximum Gasteiger partial charge on any atom is 0.410 e. The molecule has 1 fully saturated rings. The summed E-state index contributed by atoms with van der Waals surface area (Å²) >= 11 is 4.63. The zero-order chi connectivity index (χ0) is 23.7. The highest BCUT2D eigenvalue weighted by Gasteiger charge is 2.39. The molecule has 0 aromatic heterocycles. The van der Waals surface area contributed by atoms with Gasteiger partial charge in [0.15, 0.2) is 5.82 Å². The molecule has 1 amide bonds. The van der Waals surface area contributed by atoms with E-state index in [1.54, 1.807) is 11.8 Å². The molecule has 1 aromatic rings. The van der Waals surface area contributed by atoms with Gasteiger partial charge in [-0.3, -0.25) is 0 Å². The molecule has 1 unspecified atom stereocenters. The Hall–Kier alpha value is -1.22. The molecule has 1 heterocycles. The molecule has 0 spiro atoms. The minimum Gasteiger partial charge on any atom is -0.598 e. The lowest BCUT2D eigenvalue weighted by molar-refractivity contribution is 0.0171. The number of aromatic hydroxyl groups is 1. The molecule has 6 nitrogen and oxygen atoms in total. The van der Waals surface area contributed by atoms with Crippen molar-refractivity contribution in [2.45, 2.75) is 77.7 Å². The number of nitrogens with one attached hydrogen (secondary N) is 1. The molecule has 176 valence electrons. The third kappa shape index (κ3) is 6.63. The van der Waals surface area contributed by atoms with Crippen molar-refractivity contribution in [2.24, 2.45) is 5.92 Å². The smallest absolute Gasteiger partial charge is 0.410 e. The standard InChI is InChI=1S/C22H34ClFN2O4S/c1-13-12-15(27)16(18(24)17(13)23)19(25-31(29)22(5,6)7)14-8-10-26(11-9-14)20(28)30-21(2,3)4/h12,14,19,25,27H,8-11H2,1-7H3/t19?,31-/m0/s1. The van der Waals surface area contributed by atoms with Crippen LogP contribution in [0.15, 0.2) is 6.07 Å². The summed E-state index contributed by atoms with van der Waals surface area (Å²) in [6.45, 7) is 13.3. The highest BCUT2D eigenvalue weighted by molar-refractivity contribution is 7.90. The summed E-state index contributed by atoms with van der Waals surface area (Å²) in [5.74, 6) is -1.10. The minimum atomic E-state index is -1.51. The largest absolute Gasteiger partial charge is 0.598 e. The molecule has 31 heavy (non-hydrogen) atoms. The first-order valence-electron chi connectivity index (χ1n) is 10.4. The second kappa shape index (κ2) is 9.73. The number of amides is 1. The van der Waals surface area contributed by atoms with E-state index in [9.17, 15) is 14.5 Å². The van der Waals surface area contributed by atoms with Crippen LogP contribution in [-0.4, -0.2) is 44.1 Å². The number of likely N-dealkylation sites (tertiary alicyclic amines) is 1. The molecule has 1 aliphatic rings. The molecule has 9 heteroatoms. The predicted octanol–water partition coefficient (Wildman–Crippen LogP) is 5.23. The molecule has 2 rings (SSSR count). The van der Waals surface area contributed by atoms with Crippen molar-refractivity contribution < 1.29 is 23.6 Å². The topological polar surface area (TPSA) is 84.9 Å². The van der Waals surface area contributed by atoms with Gasteiger partial charge in [-0.1, -0.05) is 11.6 Å². The van der Waals surface area contributed by atoms with Crippen LogP contribution in [0, 0.1) is 18.7 Å². The number of carbonyl (C=O) groups is 1. The van der Waals surface area contributed by atoms with Crippen LogP contribution in [-0.2, 0) is 16.1 Å². The van der Waals surface area contributed by atoms with Gasteiger partial charge in [0.1, 0.15) is 16.1 Å². The average molecular weight is 477 g/mol. The van der Waals surface area contributed by atoms with Crippen LogP contribution in [0.25, 0.3) is 0 Å². The molecule has 1 aromatic carbocycles. The monoisotopic (exact) mass is 476 g/mol. The number of aryl methyl sites for hydroxylation is 1. The normalized spacial score (nSPS) is 18.1. The molecule has 2 N–H and O–H groups in total. The third-order valence-corrected chi connectivity index (χ3v) is 7.21. The van der Waals surface area contributed by atoms with Gasteiger partial charge in [-0.2, -0.15) is 0 Å². The number of phenols is 1. The van der Waals surface area contributed by atoms with Crippen molar-refractivity contribution in [3.05, 3.63) is 28.0 Å². The van der Waals surface area contributed by atoms with Gasteiger partial charge in [-0.25, -0.2) is 9.18 Å². The quantitative estimate of drug-likeness (QED) is 0.581. The molecule has 1 aliphatic heterocycles. The summed E-state index contributed by atoms with van der Waals surface area (Å²) in [5.41, 5.74) is -0.144. The maximum atomic E-state index is 15.2. The number of nitrogens with zero attached hydrogens (tertiary/aromatic N) is 1. The van der Waals surface area contributed by atoms with Gasteiger partial charge < -0.3 is 19.3 Å². The van der Waals surface area contributed by atoms with E-state index in [-0.39, 0.29) is 28.3 Å². The van der Waals surface area contributed by atoms with E-state index in [0.29, 0.717) is 31.5 Å². The van der Waals surface area contributed by atoms with Crippen LogP contribution in [0.5, 0.6) is 5.75 Å². The first-order valence-corrected chi connectivity index (χ1v) is 12.0. The number of rotatable bonds is 4. The fourth-order valence-corrected chi connectivity index (χ4v) is 4.52. The van der Waals surface area contributed by atoms with Crippen LogP contribution >= 0.6 is 11.6 Å². The average Bonchev–Trinajstić information content (AvgIpc) is 2.63. The maximum absolute atomic E-state index is 15.2. The Morgan fingerprint density at radius 1 is 1.32 bits per heavy atom. The van der Waals surface area contributed by atoms with Gasteiger partial charge in [-0.15, -0.1) is 4.72 Å². The van der Waals surface area contributed by atoms with Gasteiger partial charge >= 0.3 is 6.09 Å². The Bertz CT molecular complexity index is 802. The first kappa shape index (κ1) is 26.0. The van der Waals surface area contributed by atoms with E-state index in [0.717, 1.165) is 0 Å². The van der Waals surface area contributed by atoms with Crippen molar-refractivity contribution >= 4 is 29.1 Å². The third-order valence-electron chi connectivity index (χ3n) is 5.17. The number of carbonyl (C=O) groups excluding carboxylic acids is 1. The lowest BCUT2D eigenvalue weighted by Gasteiger charge is -2.38. The van der Waals surface area contributed by atoms with E-state index in [1.807, 2.05) is 41.5 Å². The van der Waals surface area contributed by atoms with Crippen LogP contribution in [0.2, 0.25) is 5.02 Å². The number of piperidine rings is 1. The summed E-state index contributed by atoms with van der Waals surface area (Å²) in [5, 5.41) is 10.5. The van der Waals surface area contributed by atoms with Crippen molar-refractivity contribution in [1.29, 1.82) is 0 Å². The van der Waals surface area contributed by atoms with Crippen LogP contribution in [0.3, 0.4) is 0 Å². The fraction of sp³-hybridized carbons (Fsp3) is 0.682. The number of hydrogen-bond donors (Lipinski definition) is 2. The van der Waals surface area contributed by atoms with E-state index < -0.39 is 33.6 Å². The Morgan fingerprint density at radius 3 is 2.35 bits per heavy atom. The predicted molar refractivity (Wildman–Crippen MR) is 122 cm³/mol. The van der Waals surface area contributed by atoms with Gasteiger partial charge in [-0.05, 0) is 78.9 Å². The van der Waals surface area contributed by atoms with E-state index in [2.05, 4.69) is 4.72 Å². The second-order valence-corrected chi connectivity index (χ2v) is 12.4. The molecule has 0 bridgehead atoms. The van der Waals surface area contributed by atoms with Crippen molar-refractivity contribution in [1.82, 2.24) is 9.62 Å². The molecule has 2 atom stereocenters. The summed E-state index contributed by atoms with van der Waals surface area (Å²) < 4.78 is 35.9.